The highest BCUT2D eigenvalue weighted by Crippen LogP contribution is 2.32. The van der Waals surface area contributed by atoms with Gasteiger partial charge in [0.15, 0.2) is 11.5 Å². The number of methoxy groups -OCH3 is 2. The minimum absolute atomic E-state index is 0.114. The van der Waals surface area contributed by atoms with Crippen LogP contribution in [0.1, 0.15) is 22.3 Å². The van der Waals surface area contributed by atoms with Crippen LogP contribution in [-0.4, -0.2) is 24.7 Å². The zero-order chi connectivity index (χ0) is 24.9. The van der Waals surface area contributed by atoms with Gasteiger partial charge in [-0.15, -0.1) is 0 Å². The second kappa shape index (κ2) is 10.5. The van der Waals surface area contributed by atoms with E-state index >= 15 is 0 Å². The second-order valence-electron chi connectivity index (χ2n) is 8.73. The standard InChI is InChI=1S/C29H30N2O4/c1-19-5-9-21(10-6-19)11-12-22-15-23-16-26(34-3)27(35-4)17-25(23)31(29(22)33)18-28(32)30-24-13-7-20(2)8-14-24/h5-10,13-17H,11-12,18H2,1-4H3,(H,30,32). The van der Waals surface area contributed by atoms with Crippen LogP contribution in [0.4, 0.5) is 5.69 Å². The van der Waals surface area contributed by atoms with Crippen LogP contribution in [0.5, 0.6) is 11.5 Å². The van der Waals surface area contributed by atoms with Gasteiger partial charge < -0.3 is 14.8 Å². The smallest absolute Gasteiger partial charge is 0.254 e. The Morgan fingerprint density at radius 1 is 0.829 bits per heavy atom. The molecule has 0 saturated heterocycles. The summed E-state index contributed by atoms with van der Waals surface area (Å²) in [5.41, 5.74) is 5.23. The number of carbonyl (C=O) groups is 1. The van der Waals surface area contributed by atoms with Gasteiger partial charge in [-0.25, -0.2) is 0 Å². The number of carbonyl (C=O) groups excluding carboxylic acids is 1. The summed E-state index contributed by atoms with van der Waals surface area (Å²) >= 11 is 0. The number of hydrogen-bond donors (Lipinski definition) is 1. The van der Waals surface area contributed by atoms with Crippen LogP contribution >= 0.6 is 0 Å². The number of aromatic nitrogens is 1. The van der Waals surface area contributed by atoms with E-state index in [9.17, 15) is 9.59 Å². The monoisotopic (exact) mass is 470 g/mol. The van der Waals surface area contributed by atoms with Crippen LogP contribution in [0.15, 0.2) is 71.5 Å². The van der Waals surface area contributed by atoms with Gasteiger partial charge in [0, 0.05) is 22.7 Å². The van der Waals surface area contributed by atoms with Crippen molar-refractivity contribution >= 4 is 22.5 Å². The Balaban J connectivity index is 1.72. The van der Waals surface area contributed by atoms with Gasteiger partial charge in [0.1, 0.15) is 6.54 Å². The normalized spacial score (nSPS) is 10.9. The number of aryl methyl sites for hydroxylation is 4. The van der Waals surface area contributed by atoms with Crippen LogP contribution < -0.4 is 20.3 Å². The number of ether oxygens (including phenoxy) is 2. The molecule has 0 spiro atoms. The first-order valence-corrected chi connectivity index (χ1v) is 11.6. The van der Waals surface area contributed by atoms with E-state index in [1.165, 1.54) is 10.1 Å². The molecule has 4 rings (SSSR count). The summed E-state index contributed by atoms with van der Waals surface area (Å²) in [4.78, 5) is 26.5. The predicted octanol–water partition coefficient (Wildman–Crippen LogP) is 5.06. The van der Waals surface area contributed by atoms with Crippen molar-refractivity contribution in [3.8, 4) is 11.5 Å². The molecular formula is C29H30N2O4. The molecule has 6 nitrogen and oxygen atoms in total. The number of hydrogen-bond acceptors (Lipinski definition) is 4. The molecule has 35 heavy (non-hydrogen) atoms. The van der Waals surface area contributed by atoms with E-state index in [4.69, 9.17) is 9.47 Å². The Bertz CT molecular complexity index is 1400. The third-order valence-electron chi connectivity index (χ3n) is 6.11. The van der Waals surface area contributed by atoms with Crippen LogP contribution in [0.25, 0.3) is 10.9 Å². The molecule has 1 amide bonds. The van der Waals surface area contributed by atoms with Gasteiger partial charge in [0.25, 0.3) is 5.56 Å². The molecule has 3 aromatic carbocycles. The van der Waals surface area contributed by atoms with E-state index in [0.717, 1.165) is 22.9 Å². The van der Waals surface area contributed by atoms with Crippen molar-refractivity contribution in [3.63, 3.8) is 0 Å². The van der Waals surface area contributed by atoms with E-state index < -0.39 is 0 Å². The summed E-state index contributed by atoms with van der Waals surface area (Å²) in [5.74, 6) is 0.793. The Kier molecular flexibility index (Phi) is 7.20. The number of benzene rings is 3. The Morgan fingerprint density at radius 2 is 1.43 bits per heavy atom. The maximum absolute atomic E-state index is 13.6. The van der Waals surface area contributed by atoms with Crippen LogP contribution in [-0.2, 0) is 24.2 Å². The molecule has 180 valence electrons. The zero-order valence-electron chi connectivity index (χ0n) is 20.6. The molecule has 0 aliphatic heterocycles. The van der Waals surface area contributed by atoms with Crippen molar-refractivity contribution in [2.45, 2.75) is 33.2 Å². The maximum Gasteiger partial charge on any atom is 0.254 e. The molecule has 6 heteroatoms. The molecule has 0 aliphatic carbocycles. The number of nitrogens with zero attached hydrogens (tertiary/aromatic N) is 1. The molecule has 1 N–H and O–H groups in total. The fourth-order valence-corrected chi connectivity index (χ4v) is 4.12. The molecular weight excluding hydrogens is 440 g/mol. The van der Waals surface area contributed by atoms with Crippen molar-refractivity contribution in [2.75, 3.05) is 19.5 Å². The lowest BCUT2D eigenvalue weighted by atomic mass is 10.0. The number of anilines is 1. The molecule has 0 unspecified atom stereocenters. The molecule has 0 saturated carbocycles. The third kappa shape index (κ3) is 5.54. The summed E-state index contributed by atoms with van der Waals surface area (Å²) in [6, 6.07) is 21.3. The summed E-state index contributed by atoms with van der Waals surface area (Å²) < 4.78 is 12.4. The Hall–Kier alpha value is -4.06. The predicted molar refractivity (Wildman–Crippen MR) is 140 cm³/mol. The summed E-state index contributed by atoms with van der Waals surface area (Å²) in [7, 11) is 3.12. The van der Waals surface area contributed by atoms with Crippen LogP contribution in [0.2, 0.25) is 0 Å². The van der Waals surface area contributed by atoms with E-state index in [-0.39, 0.29) is 18.0 Å². The zero-order valence-corrected chi connectivity index (χ0v) is 20.6. The van der Waals surface area contributed by atoms with Gasteiger partial charge in [-0.1, -0.05) is 47.5 Å². The summed E-state index contributed by atoms with van der Waals surface area (Å²) in [6.07, 6.45) is 1.29. The Morgan fingerprint density at radius 3 is 2.06 bits per heavy atom. The van der Waals surface area contributed by atoms with Crippen molar-refractivity contribution < 1.29 is 14.3 Å². The summed E-state index contributed by atoms with van der Waals surface area (Å²) in [6.45, 7) is 3.92. The molecule has 0 fully saturated rings. The molecule has 0 atom stereocenters. The van der Waals surface area contributed by atoms with Crippen molar-refractivity contribution in [2.24, 2.45) is 0 Å². The van der Waals surface area contributed by atoms with E-state index in [2.05, 4.69) is 36.5 Å². The lowest BCUT2D eigenvalue weighted by Crippen LogP contribution is -2.30. The molecule has 0 radical (unpaired) electrons. The van der Waals surface area contributed by atoms with Gasteiger partial charge in [-0.05, 0) is 56.5 Å². The topological polar surface area (TPSA) is 69.6 Å². The highest BCUT2D eigenvalue weighted by Gasteiger charge is 2.16. The van der Waals surface area contributed by atoms with Gasteiger partial charge >= 0.3 is 0 Å². The SMILES string of the molecule is COc1cc2cc(CCc3ccc(C)cc3)c(=O)n(CC(=O)Nc3ccc(C)cc3)c2cc1OC. The number of rotatable bonds is 8. The van der Waals surface area contributed by atoms with Crippen molar-refractivity contribution in [1.82, 2.24) is 4.57 Å². The lowest BCUT2D eigenvalue weighted by Gasteiger charge is -2.16. The van der Waals surface area contributed by atoms with Gasteiger partial charge in [0.05, 0.1) is 19.7 Å². The molecule has 4 aromatic rings. The first-order valence-electron chi connectivity index (χ1n) is 11.6. The van der Waals surface area contributed by atoms with Crippen LogP contribution in [0, 0.1) is 13.8 Å². The third-order valence-corrected chi connectivity index (χ3v) is 6.11. The van der Waals surface area contributed by atoms with E-state index in [1.54, 1.807) is 20.3 Å². The average molecular weight is 471 g/mol. The first kappa shape index (κ1) is 24.1. The highest BCUT2D eigenvalue weighted by molar-refractivity contribution is 5.92. The second-order valence-corrected chi connectivity index (χ2v) is 8.73. The largest absolute Gasteiger partial charge is 0.493 e. The molecule has 0 aliphatic rings. The van der Waals surface area contributed by atoms with Gasteiger partial charge in [-0.2, -0.15) is 0 Å². The average Bonchev–Trinajstić information content (AvgIpc) is 2.86. The molecule has 1 heterocycles. The van der Waals surface area contributed by atoms with E-state index in [0.29, 0.717) is 34.7 Å². The van der Waals surface area contributed by atoms with Gasteiger partial charge in [-0.3, -0.25) is 14.2 Å². The molecule has 0 bridgehead atoms. The Labute approximate surface area is 205 Å². The highest BCUT2D eigenvalue weighted by atomic mass is 16.5. The fourth-order valence-electron chi connectivity index (χ4n) is 4.12. The molecule has 1 aromatic heterocycles. The maximum atomic E-state index is 13.6. The lowest BCUT2D eigenvalue weighted by molar-refractivity contribution is -0.116. The van der Waals surface area contributed by atoms with Crippen LogP contribution in [0.3, 0.4) is 0 Å². The van der Waals surface area contributed by atoms with Crippen molar-refractivity contribution in [1.29, 1.82) is 0 Å². The quantitative estimate of drug-likeness (QED) is 0.391. The minimum Gasteiger partial charge on any atom is -0.493 e. The fraction of sp³-hybridized carbons (Fsp3) is 0.241. The number of pyridine rings is 1. The number of fused-ring (bicyclic) bond motifs is 1. The van der Waals surface area contributed by atoms with Crippen molar-refractivity contribution in [3.05, 3.63) is 99.3 Å². The summed E-state index contributed by atoms with van der Waals surface area (Å²) in [5, 5.41) is 3.70. The number of nitrogens with one attached hydrogen (secondary N) is 1. The van der Waals surface area contributed by atoms with Gasteiger partial charge in [0.2, 0.25) is 5.91 Å². The van der Waals surface area contributed by atoms with E-state index in [1.807, 2.05) is 43.3 Å². The number of amides is 1. The first-order chi connectivity index (χ1) is 16.9. The minimum atomic E-state index is -0.275.